The van der Waals surface area contributed by atoms with Crippen LogP contribution in [0.5, 0.6) is 0 Å². The average Bonchev–Trinajstić information content (AvgIpc) is 2.31. The molecule has 0 spiro atoms. The molecule has 0 aromatic heterocycles. The predicted octanol–water partition coefficient (Wildman–Crippen LogP) is -0.613. The smallest absolute Gasteiger partial charge is 0.329 e. The van der Waals surface area contributed by atoms with Gasteiger partial charge in [0.1, 0.15) is 18.8 Å². The average molecular weight is 274 g/mol. The molecule has 0 radical (unpaired) electrons. The van der Waals surface area contributed by atoms with E-state index >= 15 is 0 Å². The van der Waals surface area contributed by atoms with E-state index in [-0.39, 0.29) is 12.6 Å². The van der Waals surface area contributed by atoms with Crippen LogP contribution >= 0.6 is 0 Å². The highest BCUT2D eigenvalue weighted by Gasteiger charge is 2.43. The van der Waals surface area contributed by atoms with Crippen LogP contribution in [0.15, 0.2) is 0 Å². The van der Waals surface area contributed by atoms with Crippen molar-refractivity contribution in [2.24, 2.45) is 0 Å². The largest absolute Gasteiger partial charge is 0.480 e. The Morgan fingerprint density at radius 3 is 2.42 bits per heavy atom. The van der Waals surface area contributed by atoms with Crippen molar-refractivity contribution in [2.75, 3.05) is 40.4 Å². The van der Waals surface area contributed by atoms with Crippen LogP contribution in [0.1, 0.15) is 6.92 Å². The first-order valence-corrected chi connectivity index (χ1v) is 5.70. The zero-order valence-corrected chi connectivity index (χ0v) is 11.2. The molecule has 1 saturated heterocycles. The van der Waals surface area contributed by atoms with Gasteiger partial charge in [-0.1, -0.05) is 0 Å². The number of methoxy groups -OCH3 is 1. The van der Waals surface area contributed by atoms with Gasteiger partial charge < -0.3 is 24.4 Å². The third kappa shape index (κ3) is 4.09. The molecule has 1 rings (SSSR count). The van der Waals surface area contributed by atoms with Crippen molar-refractivity contribution in [3.05, 3.63) is 0 Å². The van der Waals surface area contributed by atoms with Crippen molar-refractivity contribution in [1.82, 2.24) is 9.80 Å². The van der Waals surface area contributed by atoms with Crippen LogP contribution in [0, 0.1) is 0 Å². The number of carboxylic acids is 1. The maximum Gasteiger partial charge on any atom is 0.329 e. The lowest BCUT2D eigenvalue weighted by atomic mass is 9.97. The fraction of sp³-hybridized carbons (Fsp3) is 0.727. The van der Waals surface area contributed by atoms with E-state index in [0.717, 1.165) is 0 Å². The van der Waals surface area contributed by atoms with E-state index in [1.807, 2.05) is 0 Å². The van der Waals surface area contributed by atoms with Crippen molar-refractivity contribution in [2.45, 2.75) is 12.5 Å². The number of carbonyl (C=O) groups excluding carboxylic acids is 2. The molecule has 19 heavy (non-hydrogen) atoms. The van der Waals surface area contributed by atoms with Gasteiger partial charge in [-0.3, -0.25) is 4.79 Å². The Bertz CT molecular complexity index is 377. The van der Waals surface area contributed by atoms with E-state index in [1.54, 1.807) is 6.92 Å². The minimum Gasteiger partial charge on any atom is -0.480 e. The molecule has 0 atom stereocenters. The lowest BCUT2D eigenvalue weighted by Crippen LogP contribution is -2.65. The Morgan fingerprint density at radius 2 is 1.95 bits per heavy atom. The van der Waals surface area contributed by atoms with Crippen LogP contribution in [0.4, 0.5) is 4.79 Å². The van der Waals surface area contributed by atoms with Gasteiger partial charge in [0.25, 0.3) is 0 Å². The second-order valence-corrected chi connectivity index (χ2v) is 4.70. The summed E-state index contributed by atoms with van der Waals surface area (Å²) < 4.78 is 9.65. The standard InChI is InChI=1S/C11H18N2O6/c1-11(19-5-8(14)15)6-13(7-11)10(17)12(2)4-9(16)18-3/h4-7H2,1-3H3,(H,14,15). The zero-order chi connectivity index (χ0) is 14.6. The maximum atomic E-state index is 11.9. The molecule has 8 nitrogen and oxygen atoms in total. The van der Waals surface area contributed by atoms with Crippen molar-refractivity contribution >= 4 is 18.0 Å². The molecule has 8 heteroatoms. The Morgan fingerprint density at radius 1 is 1.37 bits per heavy atom. The number of aliphatic carboxylic acids is 1. The summed E-state index contributed by atoms with van der Waals surface area (Å²) in [5.74, 6) is -1.55. The Labute approximate surface area is 110 Å². The molecule has 1 heterocycles. The molecular formula is C11H18N2O6. The lowest BCUT2D eigenvalue weighted by Gasteiger charge is -2.48. The van der Waals surface area contributed by atoms with E-state index < -0.39 is 24.1 Å². The lowest BCUT2D eigenvalue weighted by molar-refractivity contribution is -0.160. The Kier molecular flexibility index (Phi) is 4.71. The third-order valence-corrected chi connectivity index (χ3v) is 2.79. The number of hydrogen-bond donors (Lipinski definition) is 1. The zero-order valence-electron chi connectivity index (χ0n) is 11.2. The number of ether oxygens (including phenoxy) is 2. The van der Waals surface area contributed by atoms with E-state index in [9.17, 15) is 14.4 Å². The Balaban J connectivity index is 2.38. The number of carboxylic acid groups (broad SMARTS) is 1. The van der Waals surface area contributed by atoms with Gasteiger partial charge in [0.2, 0.25) is 0 Å². The molecule has 0 unspecified atom stereocenters. The van der Waals surface area contributed by atoms with Crippen molar-refractivity contribution in [3.8, 4) is 0 Å². The number of hydrogen-bond acceptors (Lipinski definition) is 5. The van der Waals surface area contributed by atoms with Gasteiger partial charge >= 0.3 is 18.0 Å². The second kappa shape index (κ2) is 5.87. The molecule has 0 aromatic rings. The van der Waals surface area contributed by atoms with Gasteiger partial charge in [0, 0.05) is 7.05 Å². The molecular weight excluding hydrogens is 256 g/mol. The minimum absolute atomic E-state index is 0.126. The highest BCUT2D eigenvalue weighted by atomic mass is 16.5. The quantitative estimate of drug-likeness (QED) is 0.672. The molecule has 1 N–H and O–H groups in total. The molecule has 0 aliphatic carbocycles. The monoisotopic (exact) mass is 274 g/mol. The second-order valence-electron chi connectivity index (χ2n) is 4.70. The first-order valence-electron chi connectivity index (χ1n) is 5.70. The molecule has 2 amide bonds. The molecule has 108 valence electrons. The van der Waals surface area contributed by atoms with Crippen LogP contribution in [-0.4, -0.2) is 78.9 Å². The summed E-state index contributed by atoms with van der Waals surface area (Å²) in [5, 5.41) is 8.52. The van der Waals surface area contributed by atoms with E-state index in [2.05, 4.69) is 4.74 Å². The van der Waals surface area contributed by atoms with Crippen molar-refractivity contribution < 1.29 is 29.0 Å². The summed E-state index contributed by atoms with van der Waals surface area (Å²) in [5.41, 5.74) is -0.639. The van der Waals surface area contributed by atoms with Crippen LogP contribution in [0.25, 0.3) is 0 Å². The Hall–Kier alpha value is -1.83. The van der Waals surface area contributed by atoms with E-state index in [4.69, 9.17) is 9.84 Å². The first kappa shape index (κ1) is 15.2. The number of urea groups is 1. The highest BCUT2D eigenvalue weighted by Crippen LogP contribution is 2.25. The number of nitrogens with zero attached hydrogens (tertiary/aromatic N) is 2. The predicted molar refractivity (Wildman–Crippen MR) is 63.6 cm³/mol. The molecule has 1 aliphatic heterocycles. The van der Waals surface area contributed by atoms with Gasteiger partial charge in [-0.15, -0.1) is 0 Å². The SMILES string of the molecule is COC(=O)CN(C)C(=O)N1CC(C)(OCC(=O)O)C1. The van der Waals surface area contributed by atoms with Crippen LogP contribution in [-0.2, 0) is 19.1 Å². The summed E-state index contributed by atoms with van der Waals surface area (Å²) in [6, 6.07) is -0.318. The third-order valence-electron chi connectivity index (χ3n) is 2.79. The molecule has 0 aromatic carbocycles. The van der Waals surface area contributed by atoms with Gasteiger partial charge in [-0.2, -0.15) is 0 Å². The topological polar surface area (TPSA) is 96.4 Å². The first-order chi connectivity index (χ1) is 8.77. The van der Waals surface area contributed by atoms with Crippen molar-refractivity contribution in [3.63, 3.8) is 0 Å². The van der Waals surface area contributed by atoms with Crippen LogP contribution < -0.4 is 0 Å². The summed E-state index contributed by atoms with van der Waals surface area (Å²) in [6.07, 6.45) is 0. The summed E-state index contributed by atoms with van der Waals surface area (Å²) >= 11 is 0. The molecule has 1 fully saturated rings. The normalized spacial score (nSPS) is 16.5. The minimum atomic E-state index is -1.05. The summed E-state index contributed by atoms with van der Waals surface area (Å²) in [4.78, 5) is 36.0. The van der Waals surface area contributed by atoms with Crippen molar-refractivity contribution in [1.29, 1.82) is 0 Å². The molecule has 0 saturated carbocycles. The van der Waals surface area contributed by atoms with Gasteiger partial charge in [0.05, 0.1) is 20.2 Å². The molecule has 0 bridgehead atoms. The number of amides is 2. The number of likely N-dealkylation sites (tertiary alicyclic amines) is 1. The summed E-state index contributed by atoms with van der Waals surface area (Å²) in [6.45, 7) is 1.81. The number of carbonyl (C=O) groups is 3. The van der Waals surface area contributed by atoms with E-state index in [0.29, 0.717) is 13.1 Å². The van der Waals surface area contributed by atoms with Gasteiger partial charge in [-0.25, -0.2) is 9.59 Å². The summed E-state index contributed by atoms with van der Waals surface area (Å²) in [7, 11) is 2.74. The highest BCUT2D eigenvalue weighted by molar-refractivity contribution is 5.81. The van der Waals surface area contributed by atoms with Gasteiger partial charge in [0.15, 0.2) is 0 Å². The fourth-order valence-corrected chi connectivity index (χ4v) is 1.79. The fourth-order valence-electron chi connectivity index (χ4n) is 1.79. The van der Waals surface area contributed by atoms with Gasteiger partial charge in [-0.05, 0) is 6.92 Å². The van der Waals surface area contributed by atoms with Crippen LogP contribution in [0.3, 0.4) is 0 Å². The van der Waals surface area contributed by atoms with E-state index in [1.165, 1.54) is 24.0 Å². The number of esters is 1. The molecule has 1 aliphatic rings. The van der Waals surface area contributed by atoms with Crippen LogP contribution in [0.2, 0.25) is 0 Å². The number of rotatable bonds is 5. The number of likely N-dealkylation sites (N-methyl/N-ethyl adjacent to an activating group) is 1. The maximum absolute atomic E-state index is 11.9.